The van der Waals surface area contributed by atoms with E-state index in [-0.39, 0.29) is 6.54 Å². The van der Waals surface area contributed by atoms with Crippen LogP contribution in [0.3, 0.4) is 0 Å². The highest BCUT2D eigenvalue weighted by Crippen LogP contribution is 2.13. The van der Waals surface area contributed by atoms with Crippen LogP contribution in [0.4, 0.5) is 0 Å². The van der Waals surface area contributed by atoms with Gasteiger partial charge in [-0.2, -0.15) is 0 Å². The number of carbonyl (C=O) groups excluding carboxylic acids is 1. The average Bonchev–Trinajstić information content (AvgIpc) is 2.60. The number of rotatable bonds is 3. The molecule has 0 aromatic carbocycles. The summed E-state index contributed by atoms with van der Waals surface area (Å²) in [5.41, 5.74) is 0.594. The van der Waals surface area contributed by atoms with Crippen LogP contribution in [0.1, 0.15) is 5.56 Å². The lowest BCUT2D eigenvalue weighted by Gasteiger charge is -2.16. The molecule has 1 saturated heterocycles. The number of nitrogens with one attached hydrogen (secondary N) is 2. The van der Waals surface area contributed by atoms with Crippen molar-refractivity contribution >= 4 is 23.3 Å². The predicted octanol–water partition coefficient (Wildman–Crippen LogP) is 0.204. The van der Waals surface area contributed by atoms with Crippen molar-refractivity contribution < 1.29 is 9.72 Å². The Morgan fingerprint density at radius 2 is 2.33 bits per heavy atom. The van der Waals surface area contributed by atoms with Gasteiger partial charge in [-0.05, 0) is 11.6 Å². The molecule has 1 aromatic heterocycles. The van der Waals surface area contributed by atoms with E-state index in [1.165, 1.54) is 12.3 Å². The van der Waals surface area contributed by atoms with E-state index in [2.05, 4.69) is 10.3 Å². The quantitative estimate of drug-likeness (QED) is 0.462. The SMILES string of the molecule is N=C1NC([N+](=O)[O-])N(Cc2ccc(Cl)nc2)C1=O. The molecule has 1 atom stereocenters. The molecule has 0 aliphatic carbocycles. The van der Waals surface area contributed by atoms with E-state index >= 15 is 0 Å². The molecular weight excluding hydrogens is 262 g/mol. The van der Waals surface area contributed by atoms with Crippen LogP contribution in [-0.2, 0) is 11.3 Å². The Kier molecular flexibility index (Phi) is 3.11. The standard InChI is InChI=1S/C9H8ClN5O3/c10-6-2-1-5(3-12-6)4-14-8(16)7(11)13-9(14)15(17)18/h1-3,9H,4H2,(H2,11,13). The molecule has 2 rings (SSSR count). The summed E-state index contributed by atoms with van der Waals surface area (Å²) < 4.78 is 0. The molecule has 94 valence electrons. The maximum absolute atomic E-state index is 11.6. The molecule has 9 heteroatoms. The molecule has 8 nitrogen and oxygen atoms in total. The van der Waals surface area contributed by atoms with Gasteiger partial charge in [0.05, 0.1) is 11.5 Å². The molecule has 1 aliphatic rings. The Morgan fingerprint density at radius 3 is 2.89 bits per heavy atom. The lowest BCUT2D eigenvalue weighted by Crippen LogP contribution is -2.43. The molecular formula is C9H8ClN5O3. The van der Waals surface area contributed by atoms with Crippen molar-refractivity contribution in [2.75, 3.05) is 0 Å². The number of halogens is 1. The van der Waals surface area contributed by atoms with Crippen molar-refractivity contribution in [3.63, 3.8) is 0 Å². The summed E-state index contributed by atoms with van der Waals surface area (Å²) in [6, 6.07) is 3.14. The molecule has 0 radical (unpaired) electrons. The van der Waals surface area contributed by atoms with Crippen LogP contribution in [0.5, 0.6) is 0 Å². The van der Waals surface area contributed by atoms with E-state index in [4.69, 9.17) is 17.0 Å². The van der Waals surface area contributed by atoms with Gasteiger partial charge in [-0.25, -0.2) is 4.98 Å². The second kappa shape index (κ2) is 4.57. The zero-order valence-electron chi connectivity index (χ0n) is 8.96. The Bertz CT molecular complexity index is 517. The van der Waals surface area contributed by atoms with Crippen molar-refractivity contribution in [2.24, 2.45) is 0 Å². The Labute approximate surface area is 106 Å². The van der Waals surface area contributed by atoms with Crippen LogP contribution >= 0.6 is 11.6 Å². The van der Waals surface area contributed by atoms with Gasteiger partial charge in [-0.3, -0.25) is 30.5 Å². The maximum Gasteiger partial charge on any atom is 0.370 e. The van der Waals surface area contributed by atoms with E-state index in [1.54, 1.807) is 6.07 Å². The highest BCUT2D eigenvalue weighted by molar-refractivity contribution is 6.38. The monoisotopic (exact) mass is 269 g/mol. The first-order valence-electron chi connectivity index (χ1n) is 4.89. The molecule has 1 aliphatic heterocycles. The zero-order chi connectivity index (χ0) is 13.3. The first-order valence-corrected chi connectivity index (χ1v) is 5.27. The minimum Gasteiger partial charge on any atom is -0.285 e. The van der Waals surface area contributed by atoms with Crippen LogP contribution in [-0.4, -0.2) is 32.8 Å². The van der Waals surface area contributed by atoms with E-state index < -0.39 is 23.0 Å². The molecule has 1 amide bonds. The number of hydrogen-bond donors (Lipinski definition) is 2. The molecule has 1 aromatic rings. The lowest BCUT2D eigenvalue weighted by molar-refractivity contribution is -0.548. The fraction of sp³-hybridized carbons (Fsp3) is 0.222. The fourth-order valence-electron chi connectivity index (χ4n) is 1.54. The molecule has 0 bridgehead atoms. The Hall–Kier alpha value is -2.22. The minimum absolute atomic E-state index is 0.00989. The molecule has 2 heterocycles. The number of pyridine rings is 1. The first-order chi connectivity index (χ1) is 8.49. The van der Waals surface area contributed by atoms with Gasteiger partial charge in [-0.15, -0.1) is 0 Å². The van der Waals surface area contributed by atoms with E-state index in [0.717, 1.165) is 4.90 Å². The van der Waals surface area contributed by atoms with Crippen LogP contribution in [0.2, 0.25) is 5.15 Å². The van der Waals surface area contributed by atoms with E-state index in [1.807, 2.05) is 0 Å². The number of nitro groups is 1. The summed E-state index contributed by atoms with van der Waals surface area (Å²) in [5, 5.41) is 20.5. The predicted molar refractivity (Wildman–Crippen MR) is 61.4 cm³/mol. The van der Waals surface area contributed by atoms with Crippen molar-refractivity contribution in [1.29, 1.82) is 5.41 Å². The van der Waals surface area contributed by atoms with Crippen molar-refractivity contribution in [1.82, 2.24) is 15.2 Å². The molecule has 0 saturated carbocycles. The molecule has 18 heavy (non-hydrogen) atoms. The Balaban J connectivity index is 2.20. The Morgan fingerprint density at radius 1 is 1.61 bits per heavy atom. The van der Waals surface area contributed by atoms with Crippen LogP contribution < -0.4 is 5.32 Å². The van der Waals surface area contributed by atoms with Gasteiger partial charge >= 0.3 is 6.29 Å². The number of nitrogens with zero attached hydrogens (tertiary/aromatic N) is 3. The highest BCUT2D eigenvalue weighted by atomic mass is 35.5. The summed E-state index contributed by atoms with van der Waals surface area (Å²) >= 11 is 5.61. The second-order valence-corrected chi connectivity index (χ2v) is 3.99. The van der Waals surface area contributed by atoms with Gasteiger partial charge in [0.1, 0.15) is 5.15 Å². The van der Waals surface area contributed by atoms with Crippen molar-refractivity contribution in [3.8, 4) is 0 Å². The summed E-state index contributed by atoms with van der Waals surface area (Å²) in [6.45, 7) is -0.00989. The number of aromatic nitrogens is 1. The van der Waals surface area contributed by atoms with E-state index in [0.29, 0.717) is 10.7 Å². The number of hydrogen-bond acceptors (Lipinski definition) is 5. The van der Waals surface area contributed by atoms with Gasteiger partial charge in [0.2, 0.25) is 0 Å². The average molecular weight is 270 g/mol. The largest absolute Gasteiger partial charge is 0.370 e. The van der Waals surface area contributed by atoms with Gasteiger partial charge in [-0.1, -0.05) is 17.7 Å². The highest BCUT2D eigenvalue weighted by Gasteiger charge is 2.42. The third-order valence-electron chi connectivity index (χ3n) is 2.38. The normalized spacial score (nSPS) is 18.9. The third-order valence-corrected chi connectivity index (χ3v) is 2.61. The summed E-state index contributed by atoms with van der Waals surface area (Å²) in [6.07, 6.45) is 0.00912. The fourth-order valence-corrected chi connectivity index (χ4v) is 1.66. The van der Waals surface area contributed by atoms with Crippen molar-refractivity contribution in [2.45, 2.75) is 12.8 Å². The maximum atomic E-state index is 11.6. The third kappa shape index (κ3) is 2.23. The number of amidine groups is 1. The van der Waals surface area contributed by atoms with Crippen LogP contribution in [0.15, 0.2) is 18.3 Å². The van der Waals surface area contributed by atoms with Crippen LogP contribution in [0.25, 0.3) is 0 Å². The number of carbonyl (C=O) groups is 1. The molecule has 1 unspecified atom stereocenters. The molecule has 0 spiro atoms. The summed E-state index contributed by atoms with van der Waals surface area (Å²) in [5.74, 6) is -1.20. The smallest absolute Gasteiger partial charge is 0.285 e. The molecule has 2 N–H and O–H groups in total. The van der Waals surface area contributed by atoms with Crippen LogP contribution in [0, 0.1) is 15.5 Å². The van der Waals surface area contributed by atoms with Gasteiger partial charge in [0.15, 0.2) is 5.84 Å². The van der Waals surface area contributed by atoms with Gasteiger partial charge < -0.3 is 0 Å². The lowest BCUT2D eigenvalue weighted by atomic mass is 10.2. The second-order valence-electron chi connectivity index (χ2n) is 3.60. The number of amides is 1. The minimum atomic E-state index is -1.42. The zero-order valence-corrected chi connectivity index (χ0v) is 9.72. The van der Waals surface area contributed by atoms with Gasteiger partial charge in [0.25, 0.3) is 5.91 Å². The molecule has 1 fully saturated rings. The first kappa shape index (κ1) is 12.2. The van der Waals surface area contributed by atoms with Crippen molar-refractivity contribution in [3.05, 3.63) is 39.2 Å². The topological polar surface area (TPSA) is 112 Å². The van der Waals surface area contributed by atoms with E-state index in [9.17, 15) is 14.9 Å². The van der Waals surface area contributed by atoms with Gasteiger partial charge in [0, 0.05) is 6.20 Å². The summed E-state index contributed by atoms with van der Waals surface area (Å²) in [4.78, 5) is 26.4. The summed E-state index contributed by atoms with van der Waals surface area (Å²) in [7, 11) is 0.